The number of hydrogen-bond acceptors (Lipinski definition) is 5. The zero-order chi connectivity index (χ0) is 18.0. The van der Waals surface area contributed by atoms with Gasteiger partial charge in [-0.2, -0.15) is 0 Å². The summed E-state index contributed by atoms with van der Waals surface area (Å²) in [5.74, 6) is 0.795. The molecule has 2 aromatic carbocycles. The molecule has 1 aromatic heterocycles. The number of carbonyl (C=O) groups is 1. The van der Waals surface area contributed by atoms with Gasteiger partial charge in [-0.3, -0.25) is 14.2 Å². The van der Waals surface area contributed by atoms with Crippen LogP contribution in [0.4, 0.5) is 0 Å². The Kier molecular flexibility index (Phi) is 4.52. The number of ether oxygens (including phenoxy) is 2. The van der Waals surface area contributed by atoms with Gasteiger partial charge in [0, 0.05) is 5.56 Å². The van der Waals surface area contributed by atoms with Crippen LogP contribution < -0.4 is 15.0 Å². The SMILES string of the molecule is COc1ccc(C(=O)Cn2cnc3c(C)cccc3c2=O)cc1OC. The van der Waals surface area contributed by atoms with E-state index in [2.05, 4.69) is 4.98 Å². The Morgan fingerprint density at radius 1 is 1.12 bits per heavy atom. The van der Waals surface area contributed by atoms with Gasteiger partial charge in [-0.15, -0.1) is 0 Å². The van der Waals surface area contributed by atoms with Crippen LogP contribution in [0.5, 0.6) is 11.5 Å². The number of Topliss-reactive ketones (excluding diaryl/α,β-unsaturated/α-hetero) is 1. The van der Waals surface area contributed by atoms with Gasteiger partial charge in [0.25, 0.3) is 5.56 Å². The Morgan fingerprint density at radius 2 is 1.88 bits per heavy atom. The minimum atomic E-state index is -0.234. The van der Waals surface area contributed by atoms with Crippen LogP contribution in [0.25, 0.3) is 10.9 Å². The van der Waals surface area contributed by atoms with E-state index in [1.54, 1.807) is 30.3 Å². The van der Waals surface area contributed by atoms with E-state index >= 15 is 0 Å². The Hall–Kier alpha value is -3.15. The van der Waals surface area contributed by atoms with Gasteiger partial charge < -0.3 is 9.47 Å². The van der Waals surface area contributed by atoms with Crippen molar-refractivity contribution in [2.24, 2.45) is 0 Å². The predicted octanol–water partition coefficient (Wildman–Crippen LogP) is 2.61. The van der Waals surface area contributed by atoms with E-state index in [1.165, 1.54) is 25.1 Å². The summed E-state index contributed by atoms with van der Waals surface area (Å²) in [7, 11) is 3.04. The number of aryl methyl sites for hydroxylation is 1. The van der Waals surface area contributed by atoms with E-state index in [0.29, 0.717) is 28.0 Å². The number of methoxy groups -OCH3 is 2. The van der Waals surface area contributed by atoms with E-state index < -0.39 is 0 Å². The molecule has 0 radical (unpaired) electrons. The molecule has 25 heavy (non-hydrogen) atoms. The van der Waals surface area contributed by atoms with Crippen molar-refractivity contribution in [3.63, 3.8) is 0 Å². The average molecular weight is 338 g/mol. The van der Waals surface area contributed by atoms with E-state index in [0.717, 1.165) is 5.56 Å². The Bertz CT molecular complexity index is 1010. The zero-order valence-electron chi connectivity index (χ0n) is 14.3. The van der Waals surface area contributed by atoms with Crippen molar-refractivity contribution < 1.29 is 14.3 Å². The van der Waals surface area contributed by atoms with E-state index in [4.69, 9.17) is 9.47 Å². The van der Waals surface area contributed by atoms with Crippen LogP contribution in [0.2, 0.25) is 0 Å². The second kappa shape index (κ2) is 6.76. The minimum absolute atomic E-state index is 0.0921. The molecule has 0 aliphatic heterocycles. The van der Waals surface area contributed by atoms with Crippen LogP contribution in [-0.4, -0.2) is 29.6 Å². The zero-order valence-corrected chi connectivity index (χ0v) is 14.3. The topological polar surface area (TPSA) is 70.4 Å². The van der Waals surface area contributed by atoms with Crippen molar-refractivity contribution in [1.82, 2.24) is 9.55 Å². The fraction of sp³-hybridized carbons (Fsp3) is 0.211. The van der Waals surface area contributed by atoms with Crippen LogP contribution in [0.3, 0.4) is 0 Å². The van der Waals surface area contributed by atoms with Crippen molar-refractivity contribution in [3.05, 3.63) is 64.2 Å². The maximum Gasteiger partial charge on any atom is 0.261 e. The maximum absolute atomic E-state index is 12.6. The molecule has 3 rings (SSSR count). The first-order chi connectivity index (χ1) is 12.0. The molecular formula is C19H18N2O4. The summed E-state index contributed by atoms with van der Waals surface area (Å²) in [6.07, 6.45) is 1.41. The van der Waals surface area contributed by atoms with Crippen molar-refractivity contribution in [2.45, 2.75) is 13.5 Å². The van der Waals surface area contributed by atoms with Crippen molar-refractivity contribution in [2.75, 3.05) is 14.2 Å². The molecule has 0 aliphatic carbocycles. The number of aromatic nitrogens is 2. The third kappa shape index (κ3) is 3.10. The maximum atomic E-state index is 12.6. The lowest BCUT2D eigenvalue weighted by molar-refractivity contribution is 0.0970. The molecule has 0 N–H and O–H groups in total. The number of benzene rings is 2. The van der Waals surface area contributed by atoms with Crippen LogP contribution in [0.15, 0.2) is 47.5 Å². The summed E-state index contributed by atoms with van der Waals surface area (Å²) in [6, 6.07) is 10.3. The molecule has 0 amide bonds. The van der Waals surface area contributed by atoms with Crippen molar-refractivity contribution in [1.29, 1.82) is 0 Å². The molecule has 0 bridgehead atoms. The van der Waals surface area contributed by atoms with Crippen molar-refractivity contribution in [3.8, 4) is 11.5 Å². The monoisotopic (exact) mass is 338 g/mol. The van der Waals surface area contributed by atoms with E-state index in [1.807, 2.05) is 13.0 Å². The summed E-state index contributed by atoms with van der Waals surface area (Å²) in [5.41, 5.74) is 1.78. The lowest BCUT2D eigenvalue weighted by Crippen LogP contribution is -2.24. The summed E-state index contributed by atoms with van der Waals surface area (Å²) >= 11 is 0. The summed E-state index contributed by atoms with van der Waals surface area (Å²) in [6.45, 7) is 1.80. The molecule has 0 atom stereocenters. The van der Waals surface area contributed by atoms with Gasteiger partial charge in [0.15, 0.2) is 17.3 Å². The van der Waals surface area contributed by atoms with Gasteiger partial charge in [0.05, 0.1) is 38.0 Å². The molecule has 6 heteroatoms. The number of para-hydroxylation sites is 1. The quantitative estimate of drug-likeness (QED) is 0.669. The van der Waals surface area contributed by atoms with E-state index in [9.17, 15) is 9.59 Å². The van der Waals surface area contributed by atoms with Crippen LogP contribution in [-0.2, 0) is 6.54 Å². The molecule has 0 unspecified atom stereocenters. The highest BCUT2D eigenvalue weighted by molar-refractivity contribution is 5.96. The Balaban J connectivity index is 1.95. The lowest BCUT2D eigenvalue weighted by Gasteiger charge is -2.10. The standard InChI is InChI=1S/C19H18N2O4/c1-12-5-4-6-14-18(12)20-11-21(19(14)23)10-15(22)13-7-8-16(24-2)17(9-13)25-3/h4-9,11H,10H2,1-3H3. The highest BCUT2D eigenvalue weighted by Crippen LogP contribution is 2.27. The Labute approximate surface area is 144 Å². The normalized spacial score (nSPS) is 10.7. The number of nitrogens with zero attached hydrogens (tertiary/aromatic N) is 2. The third-order valence-corrected chi connectivity index (χ3v) is 4.07. The summed E-state index contributed by atoms with van der Waals surface area (Å²) in [5, 5.41) is 0.502. The lowest BCUT2D eigenvalue weighted by atomic mass is 10.1. The molecule has 0 spiro atoms. The second-order valence-corrected chi connectivity index (χ2v) is 5.64. The molecule has 0 fully saturated rings. The van der Waals surface area contributed by atoms with Crippen LogP contribution in [0, 0.1) is 6.92 Å². The molecule has 0 aliphatic rings. The van der Waals surface area contributed by atoms with Gasteiger partial charge in [0.1, 0.15) is 0 Å². The molecule has 128 valence electrons. The number of ketones is 1. The molecule has 6 nitrogen and oxygen atoms in total. The first-order valence-corrected chi connectivity index (χ1v) is 7.75. The largest absolute Gasteiger partial charge is 0.493 e. The van der Waals surface area contributed by atoms with Gasteiger partial charge in [-0.1, -0.05) is 12.1 Å². The number of hydrogen-bond donors (Lipinski definition) is 0. The highest BCUT2D eigenvalue weighted by Gasteiger charge is 2.13. The van der Waals surface area contributed by atoms with Crippen molar-refractivity contribution >= 4 is 16.7 Å². The average Bonchev–Trinajstić information content (AvgIpc) is 2.63. The highest BCUT2D eigenvalue weighted by atomic mass is 16.5. The minimum Gasteiger partial charge on any atom is -0.493 e. The second-order valence-electron chi connectivity index (χ2n) is 5.64. The smallest absolute Gasteiger partial charge is 0.261 e. The molecule has 0 saturated carbocycles. The number of rotatable bonds is 5. The first kappa shape index (κ1) is 16.7. The molecule has 1 heterocycles. The Morgan fingerprint density at radius 3 is 2.60 bits per heavy atom. The fourth-order valence-electron chi connectivity index (χ4n) is 2.71. The molecule has 3 aromatic rings. The van der Waals surface area contributed by atoms with Crippen LogP contribution >= 0.6 is 0 Å². The predicted molar refractivity (Wildman–Crippen MR) is 94.6 cm³/mol. The number of fused-ring (bicyclic) bond motifs is 1. The first-order valence-electron chi connectivity index (χ1n) is 7.75. The van der Waals surface area contributed by atoms with Gasteiger partial charge in [0.2, 0.25) is 0 Å². The van der Waals surface area contributed by atoms with Gasteiger partial charge in [-0.05, 0) is 36.8 Å². The van der Waals surface area contributed by atoms with E-state index in [-0.39, 0.29) is 17.9 Å². The van der Waals surface area contributed by atoms with Gasteiger partial charge in [-0.25, -0.2) is 4.98 Å². The van der Waals surface area contributed by atoms with Gasteiger partial charge >= 0.3 is 0 Å². The van der Waals surface area contributed by atoms with Crippen LogP contribution in [0.1, 0.15) is 15.9 Å². The third-order valence-electron chi connectivity index (χ3n) is 4.07. The fourth-order valence-corrected chi connectivity index (χ4v) is 2.71. The number of carbonyl (C=O) groups excluding carboxylic acids is 1. The molecular weight excluding hydrogens is 320 g/mol. The summed E-state index contributed by atoms with van der Waals surface area (Å²) < 4.78 is 11.7. The summed E-state index contributed by atoms with van der Waals surface area (Å²) in [4.78, 5) is 29.5. The molecule has 0 saturated heterocycles.